The summed E-state index contributed by atoms with van der Waals surface area (Å²) in [4.78, 5) is 19.9. The molecule has 1 aromatic heterocycles. The lowest BCUT2D eigenvalue weighted by Crippen LogP contribution is -2.34. The predicted octanol–water partition coefficient (Wildman–Crippen LogP) is 0.452. The Labute approximate surface area is 95.9 Å². The molecule has 0 radical (unpaired) electrons. The summed E-state index contributed by atoms with van der Waals surface area (Å²) in [6.45, 7) is 6.95. The molecule has 0 amide bonds. The van der Waals surface area contributed by atoms with Crippen molar-refractivity contribution >= 4 is 5.82 Å². The highest BCUT2D eigenvalue weighted by atomic mass is 16.1. The Morgan fingerprint density at radius 1 is 1.56 bits per heavy atom. The Kier molecular flexibility index (Phi) is 4.98. The second-order valence-corrected chi connectivity index (χ2v) is 4.26. The van der Waals surface area contributed by atoms with Gasteiger partial charge in [-0.05, 0) is 12.5 Å². The third-order valence-electron chi connectivity index (χ3n) is 2.23. The SMILES string of the molecule is CC(C)CNCCN(C)c1ncc[nH]c1=O. The molecule has 2 N–H and O–H groups in total. The lowest BCUT2D eigenvalue weighted by atomic mass is 10.2. The first-order valence-corrected chi connectivity index (χ1v) is 5.57. The smallest absolute Gasteiger partial charge is 0.290 e. The Bertz CT molecular complexity index is 361. The van der Waals surface area contributed by atoms with E-state index in [1.807, 2.05) is 11.9 Å². The van der Waals surface area contributed by atoms with E-state index in [2.05, 4.69) is 29.1 Å². The van der Waals surface area contributed by atoms with Gasteiger partial charge in [-0.15, -0.1) is 0 Å². The van der Waals surface area contributed by atoms with Crippen molar-refractivity contribution in [2.24, 2.45) is 5.92 Å². The molecule has 0 fully saturated rings. The molecule has 5 heteroatoms. The van der Waals surface area contributed by atoms with E-state index in [0.29, 0.717) is 11.7 Å². The Balaban J connectivity index is 2.38. The summed E-state index contributed by atoms with van der Waals surface area (Å²) in [5.74, 6) is 1.11. The molecule has 0 unspecified atom stereocenters. The minimum atomic E-state index is -0.145. The van der Waals surface area contributed by atoms with Gasteiger partial charge in [-0.2, -0.15) is 0 Å². The highest BCUT2D eigenvalue weighted by Crippen LogP contribution is 1.97. The molecule has 16 heavy (non-hydrogen) atoms. The quantitative estimate of drug-likeness (QED) is 0.689. The molecule has 0 aliphatic heterocycles. The van der Waals surface area contributed by atoms with Crippen LogP contribution < -0.4 is 15.8 Å². The molecular weight excluding hydrogens is 204 g/mol. The maximum absolute atomic E-state index is 11.4. The number of likely N-dealkylation sites (N-methyl/N-ethyl adjacent to an activating group) is 1. The van der Waals surface area contributed by atoms with Crippen LogP contribution in [0.4, 0.5) is 5.82 Å². The molecule has 5 nitrogen and oxygen atoms in total. The summed E-state index contributed by atoms with van der Waals surface area (Å²) >= 11 is 0. The fraction of sp³-hybridized carbons (Fsp3) is 0.636. The number of nitrogens with one attached hydrogen (secondary N) is 2. The molecule has 0 saturated heterocycles. The van der Waals surface area contributed by atoms with Gasteiger partial charge in [0.05, 0.1) is 0 Å². The van der Waals surface area contributed by atoms with Crippen molar-refractivity contribution in [3.63, 3.8) is 0 Å². The number of hydrogen-bond donors (Lipinski definition) is 2. The molecular formula is C11H20N4O. The van der Waals surface area contributed by atoms with Crippen molar-refractivity contribution in [3.8, 4) is 0 Å². The van der Waals surface area contributed by atoms with Gasteiger partial charge in [0, 0.05) is 32.5 Å². The predicted molar refractivity (Wildman–Crippen MR) is 65.8 cm³/mol. The third kappa shape index (κ3) is 4.02. The number of hydrogen-bond acceptors (Lipinski definition) is 4. The van der Waals surface area contributed by atoms with Crippen molar-refractivity contribution in [3.05, 3.63) is 22.7 Å². The van der Waals surface area contributed by atoms with E-state index in [1.165, 1.54) is 6.20 Å². The molecule has 1 aromatic rings. The Morgan fingerprint density at radius 2 is 2.31 bits per heavy atom. The maximum Gasteiger partial charge on any atom is 0.290 e. The van der Waals surface area contributed by atoms with Crippen LogP contribution in [-0.2, 0) is 0 Å². The van der Waals surface area contributed by atoms with Crippen LogP contribution in [0.3, 0.4) is 0 Å². The standard InChI is InChI=1S/C11H20N4O/c1-9(2)8-12-6-7-15(3)10-11(16)14-5-4-13-10/h4-5,9,12H,6-8H2,1-3H3,(H,14,16). The van der Waals surface area contributed by atoms with E-state index in [0.717, 1.165) is 19.6 Å². The minimum Gasteiger partial charge on any atom is -0.354 e. The molecule has 0 aliphatic carbocycles. The summed E-state index contributed by atoms with van der Waals surface area (Å²) in [5.41, 5.74) is -0.145. The number of aromatic amines is 1. The van der Waals surface area contributed by atoms with Crippen LogP contribution in [0.1, 0.15) is 13.8 Å². The molecule has 0 spiro atoms. The van der Waals surface area contributed by atoms with Gasteiger partial charge in [-0.1, -0.05) is 13.8 Å². The Hall–Kier alpha value is -1.36. The maximum atomic E-state index is 11.4. The molecule has 0 atom stereocenters. The summed E-state index contributed by atoms with van der Waals surface area (Å²) in [7, 11) is 1.87. The van der Waals surface area contributed by atoms with Crippen LogP contribution >= 0.6 is 0 Å². The van der Waals surface area contributed by atoms with Crippen LogP contribution in [0.5, 0.6) is 0 Å². The molecule has 0 bridgehead atoms. The van der Waals surface area contributed by atoms with Gasteiger partial charge < -0.3 is 15.2 Å². The number of anilines is 1. The van der Waals surface area contributed by atoms with Gasteiger partial charge >= 0.3 is 0 Å². The van der Waals surface area contributed by atoms with E-state index in [1.54, 1.807) is 6.20 Å². The van der Waals surface area contributed by atoms with Gasteiger partial charge in [0.2, 0.25) is 0 Å². The van der Waals surface area contributed by atoms with E-state index in [-0.39, 0.29) is 5.56 Å². The first-order valence-electron chi connectivity index (χ1n) is 5.57. The number of rotatable bonds is 6. The average Bonchev–Trinajstić information content (AvgIpc) is 2.24. The largest absolute Gasteiger partial charge is 0.354 e. The first-order chi connectivity index (χ1) is 7.61. The summed E-state index contributed by atoms with van der Waals surface area (Å²) in [6, 6.07) is 0. The van der Waals surface area contributed by atoms with Crippen molar-refractivity contribution < 1.29 is 0 Å². The van der Waals surface area contributed by atoms with E-state index < -0.39 is 0 Å². The zero-order valence-electron chi connectivity index (χ0n) is 10.2. The third-order valence-corrected chi connectivity index (χ3v) is 2.23. The topological polar surface area (TPSA) is 61.0 Å². The van der Waals surface area contributed by atoms with E-state index >= 15 is 0 Å². The van der Waals surface area contributed by atoms with Gasteiger partial charge in [-0.25, -0.2) is 4.98 Å². The highest BCUT2D eigenvalue weighted by Gasteiger charge is 2.05. The van der Waals surface area contributed by atoms with Crippen LogP contribution in [-0.4, -0.2) is 36.6 Å². The number of H-pyrrole nitrogens is 1. The zero-order valence-corrected chi connectivity index (χ0v) is 10.2. The average molecular weight is 224 g/mol. The molecule has 90 valence electrons. The normalized spacial score (nSPS) is 10.8. The van der Waals surface area contributed by atoms with E-state index in [4.69, 9.17) is 0 Å². The van der Waals surface area contributed by atoms with Crippen molar-refractivity contribution in [2.75, 3.05) is 31.6 Å². The molecule has 1 heterocycles. The lowest BCUT2D eigenvalue weighted by Gasteiger charge is -2.17. The molecule has 0 saturated carbocycles. The van der Waals surface area contributed by atoms with Gasteiger partial charge in [0.25, 0.3) is 5.56 Å². The second-order valence-electron chi connectivity index (χ2n) is 4.26. The highest BCUT2D eigenvalue weighted by molar-refractivity contribution is 5.33. The monoisotopic (exact) mass is 224 g/mol. The van der Waals surface area contributed by atoms with Crippen LogP contribution in [0, 0.1) is 5.92 Å². The van der Waals surface area contributed by atoms with Crippen LogP contribution in [0.15, 0.2) is 17.2 Å². The van der Waals surface area contributed by atoms with Gasteiger partial charge in [0.1, 0.15) is 0 Å². The van der Waals surface area contributed by atoms with Gasteiger partial charge in [0.15, 0.2) is 5.82 Å². The summed E-state index contributed by atoms with van der Waals surface area (Å²) in [5, 5.41) is 3.32. The summed E-state index contributed by atoms with van der Waals surface area (Å²) in [6.07, 6.45) is 3.13. The van der Waals surface area contributed by atoms with Crippen molar-refractivity contribution in [1.29, 1.82) is 0 Å². The lowest BCUT2D eigenvalue weighted by molar-refractivity contribution is 0.553. The van der Waals surface area contributed by atoms with Crippen LogP contribution in [0.2, 0.25) is 0 Å². The number of aromatic nitrogens is 2. The summed E-state index contributed by atoms with van der Waals surface area (Å²) < 4.78 is 0. The molecule has 0 aromatic carbocycles. The number of nitrogens with zero attached hydrogens (tertiary/aromatic N) is 2. The fourth-order valence-corrected chi connectivity index (χ4v) is 1.36. The molecule has 1 rings (SSSR count). The minimum absolute atomic E-state index is 0.145. The van der Waals surface area contributed by atoms with Crippen molar-refractivity contribution in [1.82, 2.24) is 15.3 Å². The Morgan fingerprint density at radius 3 is 2.94 bits per heavy atom. The fourth-order valence-electron chi connectivity index (χ4n) is 1.36. The van der Waals surface area contributed by atoms with Gasteiger partial charge in [-0.3, -0.25) is 4.79 Å². The second kappa shape index (κ2) is 6.27. The van der Waals surface area contributed by atoms with Crippen LogP contribution in [0.25, 0.3) is 0 Å². The zero-order chi connectivity index (χ0) is 12.0. The molecule has 0 aliphatic rings. The van der Waals surface area contributed by atoms with Crippen molar-refractivity contribution in [2.45, 2.75) is 13.8 Å². The first kappa shape index (κ1) is 12.7. The van der Waals surface area contributed by atoms with E-state index in [9.17, 15) is 4.79 Å².